The van der Waals surface area contributed by atoms with Gasteiger partial charge >= 0.3 is 47.0 Å². The van der Waals surface area contributed by atoms with E-state index in [1.165, 1.54) is 36.6 Å². The smallest absolute Gasteiger partial charge is 0.460 e. The summed E-state index contributed by atoms with van der Waals surface area (Å²) in [6.07, 6.45) is -0.611. The minimum atomic E-state index is -8.92. The van der Waals surface area contributed by atoms with E-state index in [2.05, 4.69) is 21.1 Å². The Morgan fingerprint density at radius 1 is 0.538 bits per heavy atom. The minimum absolute atomic E-state index is 0.939. The second-order valence-corrected chi connectivity index (χ2v) is 10.7. The molecule has 1 aliphatic rings. The average Bonchev–Trinajstić information content (AvgIpc) is 2.71. The summed E-state index contributed by atoms with van der Waals surface area (Å²) in [6, 6.07) is 0.939. The van der Waals surface area contributed by atoms with Crippen LogP contribution in [0.15, 0.2) is 0 Å². The van der Waals surface area contributed by atoms with Crippen LogP contribution in [0.2, 0.25) is 0 Å². The lowest BCUT2D eigenvalue weighted by atomic mass is 9.91. The van der Waals surface area contributed by atoms with Gasteiger partial charge in [-0.25, -0.2) is 8.42 Å². The lowest BCUT2D eigenvalue weighted by Crippen LogP contribution is -2.75. The Bertz CT molecular complexity index is 948. The fourth-order valence-electron chi connectivity index (χ4n) is 3.16. The molecule has 0 unspecified atom stereocenters. The lowest BCUT2D eigenvalue weighted by Gasteiger charge is -2.42. The largest absolute Gasteiger partial charge is 0.743 e. The van der Waals surface area contributed by atoms with Gasteiger partial charge in [-0.3, -0.25) is 0 Å². The highest BCUT2D eigenvalue weighted by Gasteiger charge is 2.95. The van der Waals surface area contributed by atoms with Crippen molar-refractivity contribution in [2.75, 3.05) is 21.1 Å². The van der Waals surface area contributed by atoms with Crippen molar-refractivity contribution in [2.45, 2.75) is 85.1 Å². The molecule has 0 saturated heterocycles. The third-order valence-corrected chi connectivity index (χ3v) is 6.56. The van der Waals surface area contributed by atoms with Gasteiger partial charge in [0.05, 0.1) is 27.2 Å². The van der Waals surface area contributed by atoms with Crippen molar-refractivity contribution in [3.63, 3.8) is 0 Å². The molecule has 1 saturated carbocycles. The first-order valence-corrected chi connectivity index (χ1v) is 11.5. The highest BCUT2D eigenvalue weighted by Crippen LogP contribution is 2.64. The van der Waals surface area contributed by atoms with Crippen LogP contribution in [0.4, 0.5) is 74.6 Å². The first-order chi connectivity index (χ1) is 16.6. The van der Waals surface area contributed by atoms with Gasteiger partial charge in [0.15, 0.2) is 10.1 Å². The molecule has 0 amide bonds. The first kappa shape index (κ1) is 37.7. The van der Waals surface area contributed by atoms with E-state index in [9.17, 15) is 87.6 Å². The number of quaternary nitrogens is 1. The van der Waals surface area contributed by atoms with Crippen LogP contribution in [0, 0.1) is 0 Å². The number of hydrogen-bond donors (Lipinski definition) is 0. The third kappa shape index (κ3) is 6.15. The van der Waals surface area contributed by atoms with Crippen molar-refractivity contribution in [3.8, 4) is 0 Å². The van der Waals surface area contributed by atoms with Crippen molar-refractivity contribution in [3.05, 3.63) is 0 Å². The van der Waals surface area contributed by atoms with E-state index in [4.69, 9.17) is 0 Å². The molecule has 0 aliphatic heterocycles. The minimum Gasteiger partial charge on any atom is -0.743 e. The second kappa shape index (κ2) is 10.5. The number of halogens is 17. The van der Waals surface area contributed by atoms with Crippen LogP contribution in [-0.2, 0) is 10.1 Å². The van der Waals surface area contributed by atoms with Gasteiger partial charge in [0.2, 0.25) is 0 Å². The molecule has 0 aromatic carbocycles. The fraction of sp³-hybridized carbons (Fsp3) is 1.00. The summed E-state index contributed by atoms with van der Waals surface area (Å²) in [7, 11) is -1.20. The molecule has 236 valence electrons. The number of hydrogen-bond acceptors (Lipinski definition) is 3. The highest BCUT2D eigenvalue weighted by atomic mass is 32.2. The van der Waals surface area contributed by atoms with Gasteiger partial charge in [0.1, 0.15) is 0 Å². The Kier molecular flexibility index (Phi) is 10.1. The summed E-state index contributed by atoms with van der Waals surface area (Å²) in [5.74, 6) is -52.1. The lowest BCUT2D eigenvalue weighted by molar-refractivity contribution is -0.897. The summed E-state index contributed by atoms with van der Waals surface area (Å²) in [4.78, 5) is 0. The van der Waals surface area contributed by atoms with E-state index in [0.717, 1.165) is 6.04 Å². The predicted octanol–water partition coefficient (Wildman–Crippen LogP) is 6.52. The Morgan fingerprint density at radius 3 is 1.05 bits per heavy atom. The quantitative estimate of drug-likeness (QED) is 0.172. The molecule has 1 aliphatic carbocycles. The molecule has 0 heterocycles. The molecule has 22 heteroatoms. The van der Waals surface area contributed by atoms with E-state index >= 15 is 0 Å². The summed E-state index contributed by atoms with van der Waals surface area (Å²) < 4.78 is 245. The van der Waals surface area contributed by atoms with Crippen molar-refractivity contribution in [1.82, 2.24) is 0 Å². The van der Waals surface area contributed by atoms with Crippen LogP contribution in [0.1, 0.15) is 32.1 Å². The van der Waals surface area contributed by atoms with Crippen LogP contribution in [-0.4, -0.2) is 91.6 Å². The highest BCUT2D eigenvalue weighted by molar-refractivity contribution is 7.86. The van der Waals surface area contributed by atoms with Crippen LogP contribution in [0.5, 0.6) is 0 Å². The molecule has 0 aromatic rings. The summed E-state index contributed by atoms with van der Waals surface area (Å²) in [5.41, 5.74) is 0. The Labute approximate surface area is 209 Å². The second-order valence-electron chi connectivity index (χ2n) is 9.32. The molecule has 0 radical (unpaired) electrons. The van der Waals surface area contributed by atoms with Gasteiger partial charge in [0, 0.05) is 0 Å². The van der Waals surface area contributed by atoms with Gasteiger partial charge < -0.3 is 9.04 Å². The molecule has 1 fully saturated rings. The van der Waals surface area contributed by atoms with Crippen LogP contribution >= 0.6 is 0 Å². The standard InChI is InChI=1S/C9H20N.C8HF17O3S/c1-10(2,3)9-7-5-4-6-8-9;9-1(10,3(13,14)5(17,18)7(21,22)23)2(11,12)4(15,16)6(19,20)8(24,25)29(26,27)28/h9H,4-8H2,1-3H3;(H,26,27,28)/q+1;/p-1. The van der Waals surface area contributed by atoms with E-state index in [1.54, 1.807) is 0 Å². The zero-order valence-corrected chi connectivity index (χ0v) is 20.4. The van der Waals surface area contributed by atoms with Crippen LogP contribution in [0.25, 0.3) is 0 Å². The van der Waals surface area contributed by atoms with Gasteiger partial charge in [-0.05, 0) is 25.7 Å². The zero-order chi connectivity index (χ0) is 32.1. The third-order valence-electron chi connectivity index (χ3n) is 5.68. The van der Waals surface area contributed by atoms with Crippen molar-refractivity contribution in [2.24, 2.45) is 0 Å². The molecule has 4 nitrogen and oxygen atoms in total. The summed E-state index contributed by atoms with van der Waals surface area (Å²) in [5, 5.41) is -7.95. The molecular formula is C17H20F17NO3S. The van der Waals surface area contributed by atoms with E-state index < -0.39 is 57.1 Å². The molecule has 0 N–H and O–H groups in total. The fourth-order valence-corrected chi connectivity index (χ4v) is 3.60. The van der Waals surface area contributed by atoms with Gasteiger partial charge in [-0.15, -0.1) is 0 Å². The molecule has 0 aromatic heterocycles. The average molecular weight is 641 g/mol. The van der Waals surface area contributed by atoms with Crippen LogP contribution in [0.3, 0.4) is 0 Å². The summed E-state index contributed by atoms with van der Waals surface area (Å²) >= 11 is 0. The van der Waals surface area contributed by atoms with Crippen molar-refractivity contribution >= 4 is 10.1 Å². The molecule has 0 atom stereocenters. The maximum atomic E-state index is 13.0. The Hall–Kier alpha value is -1.32. The maximum Gasteiger partial charge on any atom is 0.460 e. The molecule has 0 spiro atoms. The SMILES string of the molecule is C[N+](C)(C)C1CCCCC1.O=S(=O)([O-])C(F)(F)C(F)(F)C(F)(F)C(F)(F)C(F)(F)C(F)(F)C(F)(F)C(F)(F)F. The molecule has 0 bridgehead atoms. The summed E-state index contributed by atoms with van der Waals surface area (Å²) in [6.45, 7) is 0. The number of rotatable bonds is 8. The number of alkyl halides is 17. The van der Waals surface area contributed by atoms with Crippen LogP contribution < -0.4 is 0 Å². The monoisotopic (exact) mass is 641 g/mol. The topological polar surface area (TPSA) is 57.2 Å². The molecule has 1 rings (SSSR count). The van der Waals surface area contributed by atoms with E-state index in [1.807, 2.05) is 0 Å². The van der Waals surface area contributed by atoms with E-state index in [-0.39, 0.29) is 0 Å². The van der Waals surface area contributed by atoms with Gasteiger partial charge in [-0.1, -0.05) is 6.42 Å². The van der Waals surface area contributed by atoms with Gasteiger partial charge in [-0.2, -0.15) is 74.6 Å². The number of nitrogens with zero attached hydrogens (tertiary/aromatic N) is 1. The van der Waals surface area contributed by atoms with Crippen molar-refractivity contribution < 1.29 is 92.1 Å². The maximum absolute atomic E-state index is 13.0. The van der Waals surface area contributed by atoms with E-state index in [0.29, 0.717) is 0 Å². The first-order valence-electron chi connectivity index (χ1n) is 10.1. The normalized spacial score (nSPS) is 18.5. The predicted molar refractivity (Wildman–Crippen MR) is 95.3 cm³/mol. The molecular weight excluding hydrogens is 621 g/mol. The van der Waals surface area contributed by atoms with Crippen molar-refractivity contribution in [1.29, 1.82) is 0 Å². The Balaban J connectivity index is 0.00000120. The van der Waals surface area contributed by atoms with Gasteiger partial charge in [0.25, 0.3) is 0 Å². The zero-order valence-electron chi connectivity index (χ0n) is 19.6. The molecule has 39 heavy (non-hydrogen) atoms. The Morgan fingerprint density at radius 2 is 0.821 bits per heavy atom.